The van der Waals surface area contributed by atoms with E-state index >= 15 is 0 Å². The monoisotopic (exact) mass is 455 g/mol. The summed E-state index contributed by atoms with van der Waals surface area (Å²) in [6, 6.07) is 11.7. The number of aliphatic hydroxyl groups excluding tert-OH is 1. The maximum Gasteiger partial charge on any atom is 0.159 e. The van der Waals surface area contributed by atoms with Crippen molar-refractivity contribution in [2.45, 2.75) is 25.5 Å². The lowest BCUT2D eigenvalue weighted by Crippen LogP contribution is -2.36. The van der Waals surface area contributed by atoms with Crippen LogP contribution in [0.2, 0.25) is 5.02 Å². The molecule has 32 heavy (non-hydrogen) atoms. The summed E-state index contributed by atoms with van der Waals surface area (Å²) >= 11 is 6.26. The van der Waals surface area contributed by atoms with Crippen LogP contribution in [0.4, 0.5) is 11.6 Å². The van der Waals surface area contributed by atoms with Crippen LogP contribution in [0.15, 0.2) is 41.6 Å². The number of hydrogen-bond donors (Lipinski definition) is 2. The molecule has 3 aromatic rings. The van der Waals surface area contributed by atoms with Crippen molar-refractivity contribution in [1.82, 2.24) is 10.2 Å². The molecule has 0 radical (unpaired) electrons. The van der Waals surface area contributed by atoms with Crippen molar-refractivity contribution in [3.63, 3.8) is 0 Å². The van der Waals surface area contributed by atoms with E-state index in [2.05, 4.69) is 25.6 Å². The molecule has 0 atom stereocenters. The van der Waals surface area contributed by atoms with Crippen LogP contribution in [0.3, 0.4) is 0 Å². The summed E-state index contributed by atoms with van der Waals surface area (Å²) in [5.41, 5.74) is 1.89. The molecule has 0 spiro atoms. The molecule has 1 aliphatic heterocycles. The van der Waals surface area contributed by atoms with Crippen molar-refractivity contribution in [3.05, 3.63) is 52.5 Å². The van der Waals surface area contributed by atoms with Gasteiger partial charge in [-0.25, -0.2) is 0 Å². The van der Waals surface area contributed by atoms with E-state index < -0.39 is 0 Å². The maximum absolute atomic E-state index is 9.86. The normalized spacial score (nSPS) is 14.8. The maximum atomic E-state index is 9.86. The van der Waals surface area contributed by atoms with Crippen molar-refractivity contribution >= 4 is 40.2 Å². The molecule has 1 aromatic heterocycles. The summed E-state index contributed by atoms with van der Waals surface area (Å²) in [4.78, 5) is 7.00. The van der Waals surface area contributed by atoms with Crippen molar-refractivity contribution < 1.29 is 14.7 Å². The van der Waals surface area contributed by atoms with Gasteiger partial charge in [0.15, 0.2) is 11.6 Å². The van der Waals surface area contributed by atoms with E-state index in [4.69, 9.17) is 21.2 Å². The Bertz CT molecular complexity index is 1120. The van der Waals surface area contributed by atoms with Crippen molar-refractivity contribution in [2.75, 3.05) is 37.5 Å². The van der Waals surface area contributed by atoms with Gasteiger partial charge in [-0.1, -0.05) is 28.9 Å². The fourth-order valence-electron chi connectivity index (χ4n) is 3.80. The van der Waals surface area contributed by atoms with E-state index in [9.17, 15) is 5.11 Å². The lowest BCUT2D eigenvalue weighted by molar-refractivity contribution is 0.145. The van der Waals surface area contributed by atoms with Gasteiger partial charge in [-0.05, 0) is 48.2 Å². The molecular formula is C23H26ClN5O3. The van der Waals surface area contributed by atoms with Crippen LogP contribution >= 0.6 is 11.6 Å². The Morgan fingerprint density at radius 3 is 2.69 bits per heavy atom. The van der Waals surface area contributed by atoms with Crippen LogP contribution in [-0.4, -0.2) is 54.9 Å². The van der Waals surface area contributed by atoms with Gasteiger partial charge in [0.1, 0.15) is 12.9 Å². The number of hydrogen-bond acceptors (Lipinski definition) is 8. The number of fused-ring (bicyclic) bond motifs is 1. The zero-order valence-corrected chi connectivity index (χ0v) is 18.8. The van der Waals surface area contributed by atoms with E-state index in [0.717, 1.165) is 53.6 Å². The third-order valence-corrected chi connectivity index (χ3v) is 5.83. The number of nitrogens with zero attached hydrogens (tertiary/aromatic N) is 4. The molecular weight excluding hydrogens is 430 g/mol. The van der Waals surface area contributed by atoms with Gasteiger partial charge in [0.25, 0.3) is 0 Å². The number of nitrogens with one attached hydrogen (secondary N) is 1. The lowest BCUT2D eigenvalue weighted by atomic mass is 10.1. The van der Waals surface area contributed by atoms with Crippen LogP contribution < -0.4 is 15.0 Å². The summed E-state index contributed by atoms with van der Waals surface area (Å²) in [6.07, 6.45) is 2.85. The summed E-state index contributed by atoms with van der Waals surface area (Å²) in [6.45, 7) is 2.02. The zero-order chi connectivity index (χ0) is 22.5. The number of anilines is 2. The lowest BCUT2D eigenvalue weighted by Gasteiger charge is -2.31. The van der Waals surface area contributed by atoms with Gasteiger partial charge in [-0.3, -0.25) is 0 Å². The fourth-order valence-corrected chi connectivity index (χ4v) is 4.08. The minimum Gasteiger partial charge on any atom is -0.495 e. The van der Waals surface area contributed by atoms with Crippen LogP contribution in [-0.2, 0) is 11.4 Å². The Hall–Kier alpha value is -3.10. The van der Waals surface area contributed by atoms with Gasteiger partial charge in [0.2, 0.25) is 0 Å². The molecule has 0 amide bonds. The second-order valence-corrected chi connectivity index (χ2v) is 8.04. The number of halogens is 1. The molecule has 2 heterocycles. The van der Waals surface area contributed by atoms with E-state index in [1.165, 1.54) is 7.11 Å². The molecule has 4 rings (SSSR count). The highest BCUT2D eigenvalue weighted by Gasteiger charge is 2.21. The first-order chi connectivity index (χ1) is 15.6. The van der Waals surface area contributed by atoms with Crippen molar-refractivity contribution in [3.8, 4) is 5.75 Å². The zero-order valence-electron chi connectivity index (χ0n) is 18.1. The molecule has 0 aliphatic carbocycles. The van der Waals surface area contributed by atoms with E-state index in [0.29, 0.717) is 23.1 Å². The van der Waals surface area contributed by atoms with Gasteiger partial charge < -0.3 is 24.9 Å². The molecule has 0 unspecified atom stereocenters. The summed E-state index contributed by atoms with van der Waals surface area (Å²) in [5, 5.41) is 28.6. The second kappa shape index (κ2) is 10.0. The van der Waals surface area contributed by atoms with Crippen LogP contribution in [0.25, 0.3) is 10.8 Å². The topological polar surface area (TPSA) is 92.1 Å². The number of rotatable bonds is 7. The number of piperidine rings is 1. The first-order valence-corrected chi connectivity index (χ1v) is 10.8. The fraction of sp³-hybridized carbons (Fsp3) is 0.348. The number of aromatic nitrogens is 2. The average molecular weight is 456 g/mol. The minimum absolute atomic E-state index is 0.250. The third kappa shape index (κ3) is 4.87. The van der Waals surface area contributed by atoms with E-state index in [-0.39, 0.29) is 6.10 Å². The third-order valence-electron chi connectivity index (χ3n) is 5.53. The largest absolute Gasteiger partial charge is 0.495 e. The second-order valence-electron chi connectivity index (χ2n) is 7.63. The minimum atomic E-state index is -0.250. The molecule has 8 nitrogen and oxygen atoms in total. The highest BCUT2D eigenvalue weighted by molar-refractivity contribution is 6.32. The first-order valence-electron chi connectivity index (χ1n) is 10.5. The number of aliphatic hydroxyl groups is 1. The highest BCUT2D eigenvalue weighted by atomic mass is 35.5. The van der Waals surface area contributed by atoms with Gasteiger partial charge in [-0.15, -0.1) is 10.2 Å². The SMILES string of the molecule is CO/N=C/c1ccc2c(N3CCC(O)CC3)nnc(NCc3ccc(OC)c(Cl)c3)c2c1. The van der Waals surface area contributed by atoms with Gasteiger partial charge in [-0.2, -0.15) is 0 Å². The highest BCUT2D eigenvalue weighted by Crippen LogP contribution is 2.31. The van der Waals surface area contributed by atoms with Gasteiger partial charge >= 0.3 is 0 Å². The quantitative estimate of drug-likeness (QED) is 0.413. The Labute approximate surface area is 191 Å². The summed E-state index contributed by atoms with van der Waals surface area (Å²) < 4.78 is 5.23. The molecule has 168 valence electrons. The molecule has 0 bridgehead atoms. The Balaban J connectivity index is 1.67. The van der Waals surface area contributed by atoms with Gasteiger partial charge in [0.05, 0.1) is 24.5 Å². The summed E-state index contributed by atoms with van der Waals surface area (Å²) in [7, 11) is 3.11. The molecule has 1 saturated heterocycles. The molecule has 1 aliphatic rings. The number of benzene rings is 2. The molecule has 9 heteroatoms. The Morgan fingerprint density at radius 2 is 1.97 bits per heavy atom. The van der Waals surface area contributed by atoms with Crippen molar-refractivity contribution in [1.29, 1.82) is 0 Å². The number of oxime groups is 1. The number of methoxy groups -OCH3 is 1. The van der Waals surface area contributed by atoms with Gasteiger partial charge in [0, 0.05) is 30.4 Å². The average Bonchev–Trinajstić information content (AvgIpc) is 2.81. The van der Waals surface area contributed by atoms with Crippen LogP contribution in [0.5, 0.6) is 5.75 Å². The van der Waals surface area contributed by atoms with Crippen LogP contribution in [0.1, 0.15) is 24.0 Å². The first kappa shape index (κ1) is 22.1. The van der Waals surface area contributed by atoms with Crippen LogP contribution in [0, 0.1) is 0 Å². The molecule has 1 fully saturated rings. The molecule has 2 N–H and O–H groups in total. The van der Waals surface area contributed by atoms with E-state index in [1.54, 1.807) is 13.3 Å². The number of ether oxygens (including phenoxy) is 1. The standard InChI is InChI=1S/C23H26ClN5O3/c1-31-21-6-4-16(12-20(21)24)13-25-22-19-11-15(14-26-32-2)3-5-18(19)23(28-27-22)29-9-7-17(30)8-10-29/h3-6,11-12,14,17,30H,7-10,13H2,1-2H3,(H,25,27)/b26-14+. The Morgan fingerprint density at radius 1 is 1.16 bits per heavy atom. The summed E-state index contributed by atoms with van der Waals surface area (Å²) in [5.74, 6) is 2.12. The smallest absolute Gasteiger partial charge is 0.159 e. The molecule has 2 aromatic carbocycles. The Kier molecular flexibility index (Phi) is 6.92. The predicted octanol–water partition coefficient (Wildman–Crippen LogP) is 3.85. The molecule has 0 saturated carbocycles. The van der Waals surface area contributed by atoms with Crippen molar-refractivity contribution in [2.24, 2.45) is 5.16 Å². The predicted molar refractivity (Wildman–Crippen MR) is 127 cm³/mol. The van der Waals surface area contributed by atoms with E-state index in [1.807, 2.05) is 36.4 Å².